The summed E-state index contributed by atoms with van der Waals surface area (Å²) in [6.45, 7) is 6.02. The van der Waals surface area contributed by atoms with E-state index in [0.717, 1.165) is 19.3 Å². The van der Waals surface area contributed by atoms with Gasteiger partial charge in [-0.15, -0.1) is 0 Å². The van der Waals surface area contributed by atoms with E-state index >= 15 is 0 Å². The normalized spacial score (nSPS) is 30.0. The van der Waals surface area contributed by atoms with Crippen molar-refractivity contribution in [2.24, 2.45) is 5.41 Å². The Kier molecular flexibility index (Phi) is 4.26. The van der Waals surface area contributed by atoms with Gasteiger partial charge in [-0.05, 0) is 44.9 Å². The van der Waals surface area contributed by atoms with Gasteiger partial charge in [0, 0.05) is 18.7 Å². The second-order valence-electron chi connectivity index (χ2n) is 5.74. The van der Waals surface area contributed by atoms with Crippen LogP contribution in [0.5, 0.6) is 0 Å². The molecule has 0 heterocycles. The van der Waals surface area contributed by atoms with E-state index < -0.39 is 0 Å². The third-order valence-corrected chi connectivity index (χ3v) is 4.58. The van der Waals surface area contributed by atoms with E-state index in [2.05, 4.69) is 19.2 Å². The minimum Gasteiger partial charge on any atom is -0.380 e. The first-order valence-corrected chi connectivity index (χ1v) is 7.10. The van der Waals surface area contributed by atoms with E-state index in [1.165, 1.54) is 44.9 Å². The Morgan fingerprint density at radius 2 is 2.00 bits per heavy atom. The van der Waals surface area contributed by atoms with Crippen molar-refractivity contribution in [3.8, 4) is 0 Å². The summed E-state index contributed by atoms with van der Waals surface area (Å²) in [5.74, 6) is 0. The van der Waals surface area contributed by atoms with Crippen LogP contribution in [0.2, 0.25) is 0 Å². The Morgan fingerprint density at radius 3 is 2.56 bits per heavy atom. The van der Waals surface area contributed by atoms with Crippen LogP contribution in [0.15, 0.2) is 0 Å². The molecule has 2 heteroatoms. The van der Waals surface area contributed by atoms with E-state index in [0.29, 0.717) is 11.5 Å². The summed E-state index contributed by atoms with van der Waals surface area (Å²) < 4.78 is 5.48. The summed E-state index contributed by atoms with van der Waals surface area (Å²) in [5.41, 5.74) is 0.679. The number of hydrogen-bond donors (Lipinski definition) is 1. The monoisotopic (exact) mass is 225 g/mol. The summed E-state index contributed by atoms with van der Waals surface area (Å²) in [5, 5.41) is 3.79. The van der Waals surface area contributed by atoms with Gasteiger partial charge in [0.15, 0.2) is 0 Å². The first-order valence-electron chi connectivity index (χ1n) is 7.10. The van der Waals surface area contributed by atoms with Gasteiger partial charge in [0.1, 0.15) is 0 Å². The lowest BCUT2D eigenvalue weighted by atomic mass is 9.57. The minimum absolute atomic E-state index is 0.518. The topological polar surface area (TPSA) is 21.3 Å². The van der Waals surface area contributed by atoms with Crippen LogP contribution >= 0.6 is 0 Å². The molecule has 2 aliphatic rings. The minimum atomic E-state index is 0.518. The zero-order valence-electron chi connectivity index (χ0n) is 10.9. The summed E-state index contributed by atoms with van der Waals surface area (Å²) in [6, 6.07) is 1.30. The second-order valence-corrected chi connectivity index (χ2v) is 5.74. The lowest BCUT2D eigenvalue weighted by Gasteiger charge is -2.53. The van der Waals surface area contributed by atoms with Gasteiger partial charge in [0.2, 0.25) is 0 Å². The maximum Gasteiger partial charge on any atom is 0.0616 e. The van der Waals surface area contributed by atoms with Gasteiger partial charge < -0.3 is 10.1 Å². The van der Waals surface area contributed by atoms with E-state index in [1.54, 1.807) is 0 Å². The van der Waals surface area contributed by atoms with Crippen molar-refractivity contribution in [3.63, 3.8) is 0 Å². The van der Waals surface area contributed by atoms with Crippen LogP contribution in [0.1, 0.15) is 58.8 Å². The first kappa shape index (κ1) is 12.4. The van der Waals surface area contributed by atoms with Crippen LogP contribution in [0, 0.1) is 5.41 Å². The fourth-order valence-corrected chi connectivity index (χ4v) is 3.50. The number of rotatable bonds is 5. The molecule has 2 unspecified atom stereocenters. The molecule has 0 radical (unpaired) electrons. The molecule has 2 nitrogen and oxygen atoms in total. The lowest BCUT2D eigenvalue weighted by molar-refractivity contribution is 0.00871. The molecule has 94 valence electrons. The van der Waals surface area contributed by atoms with Gasteiger partial charge in [-0.1, -0.05) is 19.3 Å². The van der Waals surface area contributed by atoms with Gasteiger partial charge in [-0.3, -0.25) is 0 Å². The van der Waals surface area contributed by atoms with Crippen LogP contribution in [0.25, 0.3) is 0 Å². The Hall–Kier alpha value is -0.0800. The molecule has 2 fully saturated rings. The average molecular weight is 225 g/mol. The predicted octanol–water partition coefficient (Wildman–Crippen LogP) is 3.11. The van der Waals surface area contributed by atoms with E-state index in [4.69, 9.17) is 4.74 Å². The molecule has 0 amide bonds. The van der Waals surface area contributed by atoms with Crippen molar-refractivity contribution in [3.05, 3.63) is 0 Å². The van der Waals surface area contributed by atoms with Gasteiger partial charge in [-0.2, -0.15) is 0 Å². The van der Waals surface area contributed by atoms with E-state index in [9.17, 15) is 0 Å². The lowest BCUT2D eigenvalue weighted by Crippen LogP contribution is -2.57. The van der Waals surface area contributed by atoms with E-state index in [-0.39, 0.29) is 0 Å². The molecule has 0 saturated heterocycles. The van der Waals surface area contributed by atoms with Crippen LogP contribution in [-0.4, -0.2) is 25.3 Å². The molecular weight excluding hydrogens is 198 g/mol. The summed E-state index contributed by atoms with van der Waals surface area (Å²) in [7, 11) is 0. The highest BCUT2D eigenvalue weighted by Crippen LogP contribution is 2.51. The van der Waals surface area contributed by atoms with Gasteiger partial charge in [0.25, 0.3) is 0 Å². The highest BCUT2D eigenvalue weighted by molar-refractivity contribution is 5.02. The fourth-order valence-electron chi connectivity index (χ4n) is 3.50. The fraction of sp³-hybridized carbons (Fsp3) is 1.00. The number of hydrogen-bond acceptors (Lipinski definition) is 2. The Morgan fingerprint density at radius 1 is 1.25 bits per heavy atom. The molecular formula is C14H27NO. The maximum absolute atomic E-state index is 5.48. The Bertz CT molecular complexity index is 211. The second kappa shape index (κ2) is 5.50. The number of ether oxygens (including phenoxy) is 1. The third-order valence-electron chi connectivity index (χ3n) is 4.58. The molecule has 2 aliphatic carbocycles. The van der Waals surface area contributed by atoms with Crippen molar-refractivity contribution >= 4 is 0 Å². The Labute approximate surface area is 100 Å². The molecule has 0 aromatic carbocycles. The van der Waals surface area contributed by atoms with Gasteiger partial charge in [-0.25, -0.2) is 0 Å². The molecule has 0 bridgehead atoms. The Balaban J connectivity index is 1.77. The molecule has 1 N–H and O–H groups in total. The molecule has 2 atom stereocenters. The third kappa shape index (κ3) is 2.60. The van der Waals surface area contributed by atoms with Crippen molar-refractivity contribution < 1.29 is 4.74 Å². The zero-order chi connectivity index (χ0) is 11.4. The van der Waals surface area contributed by atoms with Crippen molar-refractivity contribution in [2.75, 3.05) is 13.2 Å². The highest BCUT2D eigenvalue weighted by Gasteiger charge is 2.46. The smallest absolute Gasteiger partial charge is 0.0616 e. The maximum atomic E-state index is 5.48. The average Bonchev–Trinajstić information content (AvgIpc) is 2.33. The zero-order valence-corrected chi connectivity index (χ0v) is 10.9. The van der Waals surface area contributed by atoms with Crippen LogP contribution in [0.3, 0.4) is 0 Å². The molecule has 16 heavy (non-hydrogen) atoms. The molecule has 1 spiro atoms. The molecule has 2 saturated carbocycles. The van der Waals surface area contributed by atoms with Crippen LogP contribution in [0.4, 0.5) is 0 Å². The largest absolute Gasteiger partial charge is 0.380 e. The standard InChI is InChI=1S/C14H27NO/c1-3-16-11-12(2)15-13-7-10-14(13)8-5-4-6-9-14/h12-13,15H,3-11H2,1-2H3. The first-order chi connectivity index (χ1) is 7.77. The molecule has 0 aromatic heterocycles. The van der Waals surface area contributed by atoms with Crippen LogP contribution in [-0.2, 0) is 4.74 Å². The van der Waals surface area contributed by atoms with Crippen LogP contribution < -0.4 is 5.32 Å². The summed E-state index contributed by atoms with van der Waals surface area (Å²) in [6.07, 6.45) is 10.2. The quantitative estimate of drug-likeness (QED) is 0.776. The van der Waals surface area contributed by atoms with Crippen molar-refractivity contribution in [1.82, 2.24) is 5.32 Å². The number of nitrogens with one attached hydrogen (secondary N) is 1. The summed E-state index contributed by atoms with van der Waals surface area (Å²) in [4.78, 5) is 0. The molecule has 2 rings (SSSR count). The summed E-state index contributed by atoms with van der Waals surface area (Å²) >= 11 is 0. The molecule has 0 aliphatic heterocycles. The van der Waals surface area contributed by atoms with Crippen molar-refractivity contribution in [1.29, 1.82) is 0 Å². The molecule has 0 aromatic rings. The highest BCUT2D eigenvalue weighted by atomic mass is 16.5. The van der Waals surface area contributed by atoms with Gasteiger partial charge in [0.05, 0.1) is 6.61 Å². The van der Waals surface area contributed by atoms with E-state index in [1.807, 2.05) is 0 Å². The van der Waals surface area contributed by atoms with Gasteiger partial charge >= 0.3 is 0 Å². The van der Waals surface area contributed by atoms with Crippen molar-refractivity contribution in [2.45, 2.75) is 70.9 Å². The predicted molar refractivity (Wildman–Crippen MR) is 67.6 cm³/mol. The SMILES string of the molecule is CCOCC(C)NC1CCC12CCCCC2.